The van der Waals surface area contributed by atoms with Gasteiger partial charge in [-0.25, -0.2) is 0 Å². The molecule has 1 N–H and O–H groups in total. The Morgan fingerprint density at radius 2 is 2.00 bits per heavy atom. The van der Waals surface area contributed by atoms with Crippen LogP contribution in [0.15, 0.2) is 0 Å². The van der Waals surface area contributed by atoms with Crippen molar-refractivity contribution in [3.05, 3.63) is 0 Å². The summed E-state index contributed by atoms with van der Waals surface area (Å²) in [6.07, 6.45) is 2.30. The molecule has 0 rings (SSSR count). The second-order valence-electron chi connectivity index (χ2n) is 3.16. The van der Waals surface area contributed by atoms with Gasteiger partial charge in [-0.15, -0.1) is 12.6 Å². The first kappa shape index (κ1) is 12.8. The van der Waals surface area contributed by atoms with E-state index in [0.717, 1.165) is 11.8 Å². The Morgan fingerprint density at radius 3 is 2.31 bits per heavy atom. The minimum Gasteiger partial charge on any atom is -0.336 e. The topological polar surface area (TPSA) is 46.2 Å². The molecule has 0 heterocycles. The van der Waals surface area contributed by atoms with Crippen LogP contribution in [-0.2, 0) is 4.79 Å². The minimum absolute atomic E-state index is 0.187. The van der Waals surface area contributed by atoms with Gasteiger partial charge in [0.1, 0.15) is 0 Å². The van der Waals surface area contributed by atoms with Crippen LogP contribution in [0.1, 0.15) is 20.3 Å². The van der Waals surface area contributed by atoms with E-state index in [1.807, 2.05) is 13.8 Å². The molecule has 0 bridgehead atoms. The quantitative estimate of drug-likeness (QED) is 0.713. The maximum atomic E-state index is 11.0. The van der Waals surface area contributed by atoms with Crippen molar-refractivity contribution < 1.29 is 9.59 Å². The highest BCUT2D eigenvalue weighted by molar-refractivity contribution is 8.13. The molecule has 1 amide bonds. The number of thioether (sulfide) groups is 1. The third-order valence-electron chi connectivity index (χ3n) is 1.48. The van der Waals surface area contributed by atoms with Crippen LogP contribution in [0, 0.1) is 5.92 Å². The van der Waals surface area contributed by atoms with E-state index in [2.05, 4.69) is 17.9 Å². The second kappa shape index (κ2) is 6.32. The second-order valence-corrected chi connectivity index (χ2v) is 4.38. The molecule has 13 heavy (non-hydrogen) atoms. The lowest BCUT2D eigenvalue weighted by Gasteiger charge is -2.16. The smallest absolute Gasteiger partial charge is 0.279 e. The van der Waals surface area contributed by atoms with E-state index in [1.165, 1.54) is 0 Å². The van der Waals surface area contributed by atoms with Crippen molar-refractivity contribution in [3.8, 4) is 0 Å². The minimum atomic E-state index is -0.455. The van der Waals surface area contributed by atoms with E-state index >= 15 is 0 Å². The first-order valence-electron chi connectivity index (χ1n) is 4.04. The Morgan fingerprint density at radius 1 is 1.46 bits per heavy atom. The van der Waals surface area contributed by atoms with Gasteiger partial charge in [0.05, 0.1) is 6.04 Å². The van der Waals surface area contributed by atoms with Crippen LogP contribution in [-0.4, -0.2) is 22.7 Å². The van der Waals surface area contributed by atoms with Gasteiger partial charge in [-0.3, -0.25) is 9.59 Å². The number of hydrogen-bond acceptors (Lipinski definition) is 3. The molecule has 1 atom stereocenters. The lowest BCUT2D eigenvalue weighted by molar-refractivity contribution is -0.112. The van der Waals surface area contributed by atoms with Crippen molar-refractivity contribution in [2.45, 2.75) is 26.3 Å². The Kier molecular flexibility index (Phi) is 6.24. The van der Waals surface area contributed by atoms with E-state index in [1.54, 1.807) is 6.26 Å². The number of nitrogens with one attached hydrogen (secondary N) is 1. The van der Waals surface area contributed by atoms with Crippen LogP contribution in [0.5, 0.6) is 0 Å². The van der Waals surface area contributed by atoms with Gasteiger partial charge >= 0.3 is 0 Å². The SMILES string of the molecule is CSC(=O)NC(CC(C)C)C(=O)S. The Bertz CT molecular complexity index is 195. The average molecular weight is 221 g/mol. The monoisotopic (exact) mass is 221 g/mol. The van der Waals surface area contributed by atoms with E-state index in [4.69, 9.17) is 0 Å². The van der Waals surface area contributed by atoms with Crippen molar-refractivity contribution in [2.24, 2.45) is 5.92 Å². The fraction of sp³-hybridized carbons (Fsp3) is 0.750. The molecular weight excluding hydrogens is 206 g/mol. The number of rotatable bonds is 4. The van der Waals surface area contributed by atoms with Crippen LogP contribution in [0.25, 0.3) is 0 Å². The fourth-order valence-corrected chi connectivity index (χ4v) is 1.32. The molecule has 0 aromatic heterocycles. The van der Waals surface area contributed by atoms with Crippen molar-refractivity contribution >= 4 is 34.7 Å². The summed E-state index contributed by atoms with van der Waals surface area (Å²) in [5.74, 6) is 0.364. The molecule has 0 aliphatic heterocycles. The molecule has 76 valence electrons. The third kappa shape index (κ3) is 5.99. The molecule has 5 heteroatoms. The van der Waals surface area contributed by atoms with E-state index in [-0.39, 0.29) is 10.4 Å². The van der Waals surface area contributed by atoms with Gasteiger partial charge in [0.25, 0.3) is 5.24 Å². The van der Waals surface area contributed by atoms with Crippen LogP contribution in [0.4, 0.5) is 4.79 Å². The first-order chi connectivity index (χ1) is 5.97. The highest BCUT2D eigenvalue weighted by atomic mass is 32.2. The van der Waals surface area contributed by atoms with Crippen LogP contribution < -0.4 is 5.32 Å². The lowest BCUT2D eigenvalue weighted by atomic mass is 10.1. The molecule has 1 unspecified atom stereocenters. The predicted octanol–water partition coefficient (Wildman–Crippen LogP) is 1.93. The van der Waals surface area contributed by atoms with Gasteiger partial charge < -0.3 is 5.32 Å². The zero-order valence-corrected chi connectivity index (χ0v) is 9.74. The van der Waals surface area contributed by atoms with Crippen LogP contribution in [0.2, 0.25) is 0 Å². The number of carbonyl (C=O) groups is 2. The number of hydrogen-bond donors (Lipinski definition) is 2. The summed E-state index contributed by atoms with van der Waals surface area (Å²) in [7, 11) is 0. The molecule has 0 saturated carbocycles. The highest BCUT2D eigenvalue weighted by Crippen LogP contribution is 2.08. The van der Waals surface area contributed by atoms with Crippen LogP contribution in [0.3, 0.4) is 0 Å². The fourth-order valence-electron chi connectivity index (χ4n) is 0.894. The number of thiol groups is 1. The van der Waals surface area contributed by atoms with Crippen molar-refractivity contribution in [1.29, 1.82) is 0 Å². The van der Waals surface area contributed by atoms with Gasteiger partial charge in [0.2, 0.25) is 5.12 Å². The Hall–Kier alpha value is -0.160. The van der Waals surface area contributed by atoms with E-state index < -0.39 is 6.04 Å². The molecule has 0 aliphatic rings. The van der Waals surface area contributed by atoms with Gasteiger partial charge in [-0.05, 0) is 18.6 Å². The third-order valence-corrected chi connectivity index (χ3v) is 2.28. The summed E-state index contributed by atoms with van der Waals surface area (Å²) < 4.78 is 0. The predicted molar refractivity (Wildman–Crippen MR) is 59.3 cm³/mol. The lowest BCUT2D eigenvalue weighted by Crippen LogP contribution is -2.37. The van der Waals surface area contributed by atoms with Crippen molar-refractivity contribution in [3.63, 3.8) is 0 Å². The average Bonchev–Trinajstić information content (AvgIpc) is 2.02. The highest BCUT2D eigenvalue weighted by Gasteiger charge is 2.18. The normalized spacial score (nSPS) is 12.7. The van der Waals surface area contributed by atoms with Gasteiger partial charge in [0, 0.05) is 0 Å². The Balaban J connectivity index is 4.10. The molecule has 0 fully saturated rings. The zero-order chi connectivity index (χ0) is 10.4. The van der Waals surface area contributed by atoms with Crippen molar-refractivity contribution in [2.75, 3.05) is 6.26 Å². The molecule has 3 nitrogen and oxygen atoms in total. The molecule has 0 spiro atoms. The summed E-state index contributed by atoms with van der Waals surface area (Å²) in [5.41, 5.74) is 0. The maximum absolute atomic E-state index is 11.0. The number of carbonyl (C=O) groups excluding carboxylic acids is 2. The summed E-state index contributed by atoms with van der Waals surface area (Å²) in [6.45, 7) is 3.99. The maximum Gasteiger partial charge on any atom is 0.279 e. The number of amides is 1. The first-order valence-corrected chi connectivity index (χ1v) is 5.71. The van der Waals surface area contributed by atoms with Crippen LogP contribution >= 0.6 is 24.4 Å². The van der Waals surface area contributed by atoms with E-state index in [0.29, 0.717) is 12.3 Å². The summed E-state index contributed by atoms with van der Waals surface area (Å²) >= 11 is 4.78. The zero-order valence-electron chi connectivity index (χ0n) is 8.03. The molecule has 0 aliphatic carbocycles. The van der Waals surface area contributed by atoms with Gasteiger partial charge in [0.15, 0.2) is 0 Å². The molecule has 0 aromatic rings. The largest absolute Gasteiger partial charge is 0.336 e. The molecule has 0 aromatic carbocycles. The summed E-state index contributed by atoms with van der Waals surface area (Å²) in [4.78, 5) is 21.9. The molecule has 0 saturated heterocycles. The molecule has 0 radical (unpaired) electrons. The van der Waals surface area contributed by atoms with Gasteiger partial charge in [-0.2, -0.15) is 0 Å². The van der Waals surface area contributed by atoms with Crippen molar-refractivity contribution in [1.82, 2.24) is 5.32 Å². The van der Waals surface area contributed by atoms with Gasteiger partial charge in [-0.1, -0.05) is 25.6 Å². The standard InChI is InChI=1S/C8H15NO2S2/c1-5(2)4-6(7(10)12)9-8(11)13-3/h5-6H,4H2,1-3H3,(H,9,11)(H,10,12). The summed E-state index contributed by atoms with van der Waals surface area (Å²) in [6, 6.07) is -0.455. The molecular formula is C8H15NO2S2. The van der Waals surface area contributed by atoms with E-state index in [9.17, 15) is 9.59 Å². The summed E-state index contributed by atoms with van der Waals surface area (Å²) in [5, 5.41) is 2.13. The Labute approximate surface area is 88.4 Å².